The summed E-state index contributed by atoms with van der Waals surface area (Å²) < 4.78 is 0. The molecule has 0 aliphatic heterocycles. The molecule has 1 aliphatic rings. The number of hydrogen-bond donors (Lipinski definition) is 1. The summed E-state index contributed by atoms with van der Waals surface area (Å²) in [5, 5.41) is 8.65. The summed E-state index contributed by atoms with van der Waals surface area (Å²) in [6, 6.07) is 0. The van der Waals surface area contributed by atoms with Crippen LogP contribution < -0.4 is 0 Å². The molecule has 0 aromatic carbocycles. The van der Waals surface area contributed by atoms with E-state index in [9.17, 15) is 4.79 Å². The molecule has 0 saturated carbocycles. The molecular formula is C20H26O2. The molecule has 1 rings (SSSR count). The quantitative estimate of drug-likeness (QED) is 0.420. The molecule has 22 heavy (non-hydrogen) atoms. The molecule has 0 bridgehead atoms. The number of hydrogen-bond acceptors (Lipinski definition) is 1. The zero-order chi connectivity index (χ0) is 16.8. The van der Waals surface area contributed by atoms with Crippen molar-refractivity contribution < 1.29 is 9.90 Å². The Morgan fingerprint density at radius 3 is 2.50 bits per heavy atom. The number of allylic oxidation sites excluding steroid dienone is 11. The Bertz CT molecular complexity index is 606. The topological polar surface area (TPSA) is 37.3 Å². The summed E-state index contributed by atoms with van der Waals surface area (Å²) in [5.41, 5.74) is 4.71. The molecule has 2 nitrogen and oxygen atoms in total. The highest BCUT2D eigenvalue weighted by atomic mass is 16.4. The van der Waals surface area contributed by atoms with Gasteiger partial charge in [-0.1, -0.05) is 67.5 Å². The molecule has 0 atom stereocenters. The van der Waals surface area contributed by atoms with Crippen molar-refractivity contribution in [3.8, 4) is 0 Å². The van der Waals surface area contributed by atoms with Crippen LogP contribution in [0.1, 0.15) is 41.0 Å². The number of carboxylic acid groups (broad SMARTS) is 1. The highest BCUT2D eigenvalue weighted by Crippen LogP contribution is 2.36. The van der Waals surface area contributed by atoms with Gasteiger partial charge < -0.3 is 5.11 Å². The summed E-state index contributed by atoms with van der Waals surface area (Å²) in [6.45, 7) is 10.5. The minimum atomic E-state index is -0.919. The van der Waals surface area contributed by atoms with E-state index in [-0.39, 0.29) is 5.41 Å². The molecule has 0 heterocycles. The van der Waals surface area contributed by atoms with Gasteiger partial charge in [-0.25, -0.2) is 4.79 Å². The lowest BCUT2D eigenvalue weighted by atomic mass is 9.77. The molecule has 1 N–H and O–H groups in total. The van der Waals surface area contributed by atoms with Gasteiger partial charge >= 0.3 is 5.97 Å². The molecule has 2 heteroatoms. The van der Waals surface area contributed by atoms with Crippen LogP contribution in [0.25, 0.3) is 0 Å². The van der Waals surface area contributed by atoms with Crippen molar-refractivity contribution in [3.63, 3.8) is 0 Å². The van der Waals surface area contributed by atoms with Crippen LogP contribution in [0, 0.1) is 5.41 Å². The second-order valence-corrected chi connectivity index (χ2v) is 6.35. The molecule has 0 aromatic heterocycles. The molecule has 1 aliphatic carbocycles. The fourth-order valence-corrected chi connectivity index (χ4v) is 2.50. The van der Waals surface area contributed by atoms with Crippen LogP contribution in [0.5, 0.6) is 0 Å². The van der Waals surface area contributed by atoms with Gasteiger partial charge in [0.05, 0.1) is 0 Å². The van der Waals surface area contributed by atoms with Crippen molar-refractivity contribution in [1.29, 1.82) is 0 Å². The highest BCUT2D eigenvalue weighted by molar-refractivity contribution is 5.81. The first-order chi connectivity index (χ1) is 10.2. The third kappa shape index (κ3) is 5.72. The monoisotopic (exact) mass is 298 g/mol. The van der Waals surface area contributed by atoms with Crippen LogP contribution in [0.2, 0.25) is 0 Å². The third-order valence-electron chi connectivity index (χ3n) is 3.69. The fourth-order valence-electron chi connectivity index (χ4n) is 2.50. The Morgan fingerprint density at radius 1 is 1.23 bits per heavy atom. The Kier molecular flexibility index (Phi) is 6.36. The van der Waals surface area contributed by atoms with E-state index in [0.717, 1.165) is 17.6 Å². The largest absolute Gasteiger partial charge is 0.478 e. The molecule has 0 aromatic rings. The second-order valence-electron chi connectivity index (χ2n) is 6.35. The molecular weight excluding hydrogens is 272 g/mol. The second kappa shape index (κ2) is 7.79. The molecule has 0 amide bonds. The van der Waals surface area contributed by atoms with Crippen LogP contribution in [0.15, 0.2) is 70.9 Å². The summed E-state index contributed by atoms with van der Waals surface area (Å²) in [7, 11) is 0. The Balaban J connectivity index is 2.80. The van der Waals surface area contributed by atoms with E-state index >= 15 is 0 Å². The van der Waals surface area contributed by atoms with E-state index in [1.165, 1.54) is 17.2 Å². The number of carboxylic acids is 1. The predicted molar refractivity (Wildman–Crippen MR) is 93.7 cm³/mol. The number of rotatable bonds is 5. The first kappa shape index (κ1) is 18.0. The average Bonchev–Trinajstić information content (AvgIpc) is 2.36. The van der Waals surface area contributed by atoms with E-state index in [0.29, 0.717) is 0 Å². The van der Waals surface area contributed by atoms with E-state index in [1.807, 2.05) is 19.1 Å². The van der Waals surface area contributed by atoms with Crippen LogP contribution in [-0.4, -0.2) is 11.1 Å². The SMILES string of the molecule is CC1=C(/C=C/C(C)=C\C=C\C(C)=C\C(=O)O)C(C)(C)C=CC1. The maximum Gasteiger partial charge on any atom is 0.328 e. The van der Waals surface area contributed by atoms with Crippen LogP contribution in [0.4, 0.5) is 0 Å². The van der Waals surface area contributed by atoms with E-state index in [4.69, 9.17) is 5.11 Å². The molecule has 0 saturated heterocycles. The van der Waals surface area contributed by atoms with E-state index < -0.39 is 5.97 Å². The smallest absolute Gasteiger partial charge is 0.328 e. The van der Waals surface area contributed by atoms with Gasteiger partial charge in [0.15, 0.2) is 0 Å². The molecule has 0 unspecified atom stereocenters. The lowest BCUT2D eigenvalue weighted by molar-refractivity contribution is -0.131. The minimum Gasteiger partial charge on any atom is -0.478 e. The normalized spacial score (nSPS) is 19.5. The van der Waals surface area contributed by atoms with Crippen molar-refractivity contribution >= 4 is 5.97 Å². The predicted octanol–water partition coefficient (Wildman–Crippen LogP) is 5.38. The van der Waals surface area contributed by atoms with Crippen LogP contribution >= 0.6 is 0 Å². The van der Waals surface area contributed by atoms with Crippen molar-refractivity contribution in [2.45, 2.75) is 41.0 Å². The zero-order valence-electron chi connectivity index (χ0n) is 14.2. The summed E-state index contributed by atoms with van der Waals surface area (Å²) in [5.74, 6) is -0.919. The van der Waals surface area contributed by atoms with Gasteiger partial charge in [0.25, 0.3) is 0 Å². The Labute approximate surface area is 133 Å². The van der Waals surface area contributed by atoms with Gasteiger partial charge in [0.1, 0.15) is 0 Å². The summed E-state index contributed by atoms with van der Waals surface area (Å²) in [4.78, 5) is 10.5. The van der Waals surface area contributed by atoms with Crippen molar-refractivity contribution in [3.05, 3.63) is 70.9 Å². The van der Waals surface area contributed by atoms with Gasteiger partial charge in [-0.3, -0.25) is 0 Å². The zero-order valence-corrected chi connectivity index (χ0v) is 14.2. The minimum absolute atomic E-state index is 0.0791. The molecule has 0 spiro atoms. The Morgan fingerprint density at radius 2 is 1.91 bits per heavy atom. The van der Waals surface area contributed by atoms with Crippen molar-refractivity contribution in [2.24, 2.45) is 5.41 Å². The number of carbonyl (C=O) groups is 1. The van der Waals surface area contributed by atoms with Crippen molar-refractivity contribution in [1.82, 2.24) is 0 Å². The summed E-state index contributed by atoms with van der Waals surface area (Å²) in [6.07, 6.45) is 16.7. The molecule has 0 fully saturated rings. The van der Waals surface area contributed by atoms with Gasteiger partial charge in [-0.15, -0.1) is 0 Å². The van der Waals surface area contributed by atoms with Crippen LogP contribution in [0.3, 0.4) is 0 Å². The first-order valence-electron chi connectivity index (χ1n) is 7.54. The fraction of sp³-hybridized carbons (Fsp3) is 0.350. The Hall–Kier alpha value is -2.09. The van der Waals surface area contributed by atoms with Gasteiger partial charge in [0, 0.05) is 11.5 Å². The maximum absolute atomic E-state index is 10.5. The van der Waals surface area contributed by atoms with Crippen molar-refractivity contribution in [2.75, 3.05) is 0 Å². The highest BCUT2D eigenvalue weighted by Gasteiger charge is 2.22. The van der Waals surface area contributed by atoms with Gasteiger partial charge in [-0.05, 0) is 38.3 Å². The lowest BCUT2D eigenvalue weighted by Crippen LogP contribution is -2.14. The number of aliphatic carboxylic acids is 1. The average molecular weight is 298 g/mol. The molecule has 118 valence electrons. The maximum atomic E-state index is 10.5. The van der Waals surface area contributed by atoms with Gasteiger partial charge in [0.2, 0.25) is 0 Å². The lowest BCUT2D eigenvalue weighted by Gasteiger charge is -2.28. The first-order valence-corrected chi connectivity index (χ1v) is 7.54. The standard InChI is InChI=1S/C20H26O2/c1-15(8-6-9-16(2)14-19(21)22)11-12-18-17(3)10-7-13-20(18,4)5/h6-9,11-14H,10H2,1-5H3,(H,21,22)/b9-6+,12-11+,15-8-,16-14+. The van der Waals surface area contributed by atoms with Crippen LogP contribution in [-0.2, 0) is 4.79 Å². The van der Waals surface area contributed by atoms with E-state index in [2.05, 4.69) is 45.1 Å². The summed E-state index contributed by atoms with van der Waals surface area (Å²) >= 11 is 0. The van der Waals surface area contributed by atoms with E-state index in [1.54, 1.807) is 13.0 Å². The molecule has 0 radical (unpaired) electrons. The van der Waals surface area contributed by atoms with Gasteiger partial charge in [-0.2, -0.15) is 0 Å². The third-order valence-corrected chi connectivity index (χ3v) is 3.69.